The summed E-state index contributed by atoms with van der Waals surface area (Å²) in [4.78, 5) is 2.45. The molecule has 0 saturated carbocycles. The summed E-state index contributed by atoms with van der Waals surface area (Å²) in [6, 6.07) is 11.5. The van der Waals surface area contributed by atoms with Crippen LogP contribution in [-0.4, -0.2) is 41.8 Å². The third kappa shape index (κ3) is 4.30. The van der Waals surface area contributed by atoms with Gasteiger partial charge in [0, 0.05) is 37.7 Å². The maximum atomic E-state index is 9.59. The molecule has 0 amide bonds. The first-order valence-electron chi connectivity index (χ1n) is 7.32. The van der Waals surface area contributed by atoms with Gasteiger partial charge in [-0.05, 0) is 18.5 Å². The average molecular weight is 262 g/mol. The molecule has 1 aliphatic rings. The van der Waals surface area contributed by atoms with Crippen molar-refractivity contribution in [2.75, 3.05) is 19.7 Å². The molecule has 1 saturated heterocycles. The van der Waals surface area contributed by atoms with Gasteiger partial charge in [0.05, 0.1) is 0 Å². The number of piperidine rings is 1. The van der Waals surface area contributed by atoms with Crippen LogP contribution >= 0.6 is 0 Å². The topological polar surface area (TPSA) is 35.5 Å². The lowest BCUT2D eigenvalue weighted by atomic mass is 9.92. The molecular weight excluding hydrogens is 236 g/mol. The van der Waals surface area contributed by atoms with E-state index in [1.807, 2.05) is 0 Å². The van der Waals surface area contributed by atoms with E-state index in [1.54, 1.807) is 0 Å². The summed E-state index contributed by atoms with van der Waals surface area (Å²) in [6.07, 6.45) is 1.12. The van der Waals surface area contributed by atoms with Gasteiger partial charge >= 0.3 is 0 Å². The van der Waals surface area contributed by atoms with E-state index in [-0.39, 0.29) is 6.61 Å². The summed E-state index contributed by atoms with van der Waals surface area (Å²) in [5.41, 5.74) is 1.36. The fourth-order valence-electron chi connectivity index (χ4n) is 2.93. The Labute approximate surface area is 116 Å². The van der Waals surface area contributed by atoms with Crippen LogP contribution in [0.4, 0.5) is 0 Å². The summed E-state index contributed by atoms with van der Waals surface area (Å²) in [7, 11) is 0. The first-order chi connectivity index (χ1) is 9.19. The third-order valence-electron chi connectivity index (χ3n) is 3.85. The van der Waals surface area contributed by atoms with E-state index in [2.05, 4.69) is 54.4 Å². The molecule has 2 rings (SSSR count). The van der Waals surface area contributed by atoms with Crippen molar-refractivity contribution in [2.24, 2.45) is 5.92 Å². The number of rotatable bonds is 5. The summed E-state index contributed by atoms with van der Waals surface area (Å²) in [5, 5.41) is 13.2. The number of nitrogens with zero attached hydrogens (tertiary/aromatic N) is 1. The zero-order chi connectivity index (χ0) is 13.7. The van der Waals surface area contributed by atoms with Gasteiger partial charge in [0.25, 0.3) is 0 Å². The Bertz CT molecular complexity index is 366. The number of hydrogen-bond acceptors (Lipinski definition) is 3. The minimum atomic E-state index is 0.273. The van der Waals surface area contributed by atoms with Crippen molar-refractivity contribution in [3.05, 3.63) is 35.9 Å². The van der Waals surface area contributed by atoms with Crippen LogP contribution < -0.4 is 5.32 Å². The first kappa shape index (κ1) is 14.5. The number of nitrogens with one attached hydrogen (secondary N) is 1. The van der Waals surface area contributed by atoms with Crippen molar-refractivity contribution in [1.82, 2.24) is 10.2 Å². The minimum absolute atomic E-state index is 0.273. The lowest BCUT2D eigenvalue weighted by molar-refractivity contribution is 0.0824. The van der Waals surface area contributed by atoms with Crippen molar-refractivity contribution in [2.45, 2.75) is 38.9 Å². The van der Waals surface area contributed by atoms with Crippen LogP contribution in [0.1, 0.15) is 25.8 Å². The Hall–Kier alpha value is -0.900. The predicted molar refractivity (Wildman–Crippen MR) is 79.0 cm³/mol. The smallest absolute Gasteiger partial charge is 0.0486 e. The van der Waals surface area contributed by atoms with Crippen LogP contribution in [0, 0.1) is 5.92 Å². The molecular formula is C16H26N2O. The van der Waals surface area contributed by atoms with Gasteiger partial charge in [-0.25, -0.2) is 0 Å². The summed E-state index contributed by atoms with van der Waals surface area (Å²) < 4.78 is 0. The normalized spacial score (nSPS) is 24.8. The quantitative estimate of drug-likeness (QED) is 0.850. The van der Waals surface area contributed by atoms with Crippen molar-refractivity contribution < 1.29 is 5.11 Å². The van der Waals surface area contributed by atoms with Gasteiger partial charge in [-0.3, -0.25) is 4.90 Å². The molecule has 2 atom stereocenters. The maximum absolute atomic E-state index is 9.59. The molecule has 1 heterocycles. The third-order valence-corrected chi connectivity index (χ3v) is 3.85. The van der Waals surface area contributed by atoms with Gasteiger partial charge in [0.15, 0.2) is 0 Å². The first-order valence-corrected chi connectivity index (χ1v) is 7.32. The van der Waals surface area contributed by atoms with Gasteiger partial charge in [0.2, 0.25) is 0 Å². The number of benzene rings is 1. The molecule has 0 bridgehead atoms. The van der Waals surface area contributed by atoms with Gasteiger partial charge in [-0.1, -0.05) is 44.2 Å². The molecule has 1 aliphatic heterocycles. The molecule has 0 aromatic heterocycles. The second-order valence-electron chi connectivity index (χ2n) is 5.88. The number of likely N-dealkylation sites (tertiary alicyclic amines) is 1. The van der Waals surface area contributed by atoms with Crippen LogP contribution in [0.15, 0.2) is 30.3 Å². The lowest BCUT2D eigenvalue weighted by Gasteiger charge is -2.39. The summed E-state index contributed by atoms with van der Waals surface area (Å²) in [5.74, 6) is 0.347. The van der Waals surface area contributed by atoms with Gasteiger partial charge in [-0.15, -0.1) is 0 Å². The van der Waals surface area contributed by atoms with E-state index < -0.39 is 0 Å². The molecule has 2 unspecified atom stereocenters. The van der Waals surface area contributed by atoms with E-state index in [9.17, 15) is 5.11 Å². The van der Waals surface area contributed by atoms with Crippen LogP contribution in [0.5, 0.6) is 0 Å². The average Bonchev–Trinajstić information content (AvgIpc) is 2.41. The molecule has 3 nitrogen and oxygen atoms in total. The van der Waals surface area contributed by atoms with Crippen molar-refractivity contribution in [3.63, 3.8) is 0 Å². The molecule has 2 N–H and O–H groups in total. The van der Waals surface area contributed by atoms with Gasteiger partial charge in [-0.2, -0.15) is 0 Å². The van der Waals surface area contributed by atoms with Crippen LogP contribution in [0.3, 0.4) is 0 Å². The minimum Gasteiger partial charge on any atom is -0.396 e. The molecule has 0 spiro atoms. The number of hydrogen-bond donors (Lipinski definition) is 2. The highest BCUT2D eigenvalue weighted by atomic mass is 16.3. The van der Waals surface area contributed by atoms with Crippen LogP contribution in [0.2, 0.25) is 0 Å². The second-order valence-corrected chi connectivity index (χ2v) is 5.88. The highest BCUT2D eigenvalue weighted by Crippen LogP contribution is 2.19. The fraction of sp³-hybridized carbons (Fsp3) is 0.625. The standard InChI is InChI=1S/C16H26N2O/c1-13(2)17-16-8-9-18(11-15(16)12-19)10-14-6-4-3-5-7-14/h3-7,13,15-17,19H,8-12H2,1-2H3. The largest absolute Gasteiger partial charge is 0.396 e. The van der Waals surface area contributed by atoms with E-state index in [0.29, 0.717) is 18.0 Å². The Morgan fingerprint density at radius 1 is 1.32 bits per heavy atom. The Morgan fingerprint density at radius 3 is 2.68 bits per heavy atom. The molecule has 1 fully saturated rings. The predicted octanol–water partition coefficient (Wildman–Crippen LogP) is 1.87. The summed E-state index contributed by atoms with van der Waals surface area (Å²) in [6.45, 7) is 7.70. The Balaban J connectivity index is 1.89. The highest BCUT2D eigenvalue weighted by Gasteiger charge is 2.28. The van der Waals surface area contributed by atoms with Crippen molar-refractivity contribution in [1.29, 1.82) is 0 Å². The molecule has 106 valence electrons. The van der Waals surface area contributed by atoms with E-state index in [1.165, 1.54) is 5.56 Å². The monoisotopic (exact) mass is 262 g/mol. The second kappa shape index (κ2) is 7.04. The number of aliphatic hydroxyl groups is 1. The van der Waals surface area contributed by atoms with Crippen molar-refractivity contribution >= 4 is 0 Å². The lowest BCUT2D eigenvalue weighted by Crippen LogP contribution is -2.52. The van der Waals surface area contributed by atoms with E-state index in [4.69, 9.17) is 0 Å². The zero-order valence-electron chi connectivity index (χ0n) is 12.0. The van der Waals surface area contributed by atoms with Crippen LogP contribution in [0.25, 0.3) is 0 Å². The highest BCUT2D eigenvalue weighted by molar-refractivity contribution is 5.14. The maximum Gasteiger partial charge on any atom is 0.0486 e. The molecule has 3 heteroatoms. The molecule has 1 aromatic carbocycles. The van der Waals surface area contributed by atoms with Crippen molar-refractivity contribution in [3.8, 4) is 0 Å². The Kier molecular flexibility index (Phi) is 5.37. The summed E-state index contributed by atoms with van der Waals surface area (Å²) >= 11 is 0. The molecule has 19 heavy (non-hydrogen) atoms. The molecule has 1 aromatic rings. The van der Waals surface area contributed by atoms with Gasteiger partial charge < -0.3 is 10.4 Å². The van der Waals surface area contributed by atoms with E-state index in [0.717, 1.165) is 26.1 Å². The number of aliphatic hydroxyl groups excluding tert-OH is 1. The SMILES string of the molecule is CC(C)NC1CCN(Cc2ccccc2)CC1CO. The van der Waals surface area contributed by atoms with E-state index >= 15 is 0 Å². The molecule has 0 aliphatic carbocycles. The van der Waals surface area contributed by atoms with Crippen LogP contribution in [-0.2, 0) is 6.54 Å². The zero-order valence-corrected chi connectivity index (χ0v) is 12.0. The molecule has 0 radical (unpaired) electrons. The fourth-order valence-corrected chi connectivity index (χ4v) is 2.93. The van der Waals surface area contributed by atoms with Gasteiger partial charge in [0.1, 0.15) is 0 Å². The Morgan fingerprint density at radius 2 is 2.05 bits per heavy atom.